The van der Waals surface area contributed by atoms with Gasteiger partial charge in [-0.05, 0) is 5.56 Å². The fraction of sp³-hybridized carbons (Fsp3) is 0. The molecule has 17 heavy (non-hydrogen) atoms. The molecule has 0 radical (unpaired) electrons. The second kappa shape index (κ2) is 3.44. The molecule has 0 atom stereocenters. The van der Waals surface area contributed by atoms with Crippen LogP contribution in [0.5, 0.6) is 0 Å². The van der Waals surface area contributed by atoms with Gasteiger partial charge in [-0.25, -0.2) is 4.98 Å². The van der Waals surface area contributed by atoms with Crippen molar-refractivity contribution in [1.82, 2.24) is 19.6 Å². The Hall–Kier alpha value is -2.63. The molecule has 3 aromatic rings. The molecular weight excluding hydrogens is 216 g/mol. The molecule has 2 heterocycles. The topological polar surface area (TPSA) is 95.1 Å². The number of hydrogen-bond donors (Lipinski definition) is 2. The Morgan fingerprint density at radius 2 is 1.82 bits per heavy atom. The Balaban J connectivity index is 2.28. The normalized spacial score (nSPS) is 10.8. The van der Waals surface area contributed by atoms with E-state index in [1.54, 1.807) is 6.20 Å². The monoisotopic (exact) mass is 226 g/mol. The predicted molar refractivity (Wildman–Crippen MR) is 65.0 cm³/mol. The van der Waals surface area contributed by atoms with E-state index in [0.717, 1.165) is 11.1 Å². The third-order valence-corrected chi connectivity index (χ3v) is 2.50. The minimum absolute atomic E-state index is 0.161. The van der Waals surface area contributed by atoms with Crippen LogP contribution in [-0.4, -0.2) is 19.6 Å². The van der Waals surface area contributed by atoms with E-state index in [1.807, 2.05) is 30.3 Å². The average molecular weight is 226 g/mol. The van der Waals surface area contributed by atoms with Gasteiger partial charge < -0.3 is 11.5 Å². The fourth-order valence-electron chi connectivity index (χ4n) is 1.71. The molecule has 0 bridgehead atoms. The maximum Gasteiger partial charge on any atom is 0.255 e. The van der Waals surface area contributed by atoms with Crippen LogP contribution >= 0.6 is 0 Å². The van der Waals surface area contributed by atoms with Crippen LogP contribution in [0.2, 0.25) is 0 Å². The number of nitrogens with zero attached hydrogens (tertiary/aromatic N) is 4. The van der Waals surface area contributed by atoms with Gasteiger partial charge in [0.15, 0.2) is 0 Å². The van der Waals surface area contributed by atoms with E-state index in [4.69, 9.17) is 11.5 Å². The number of anilines is 2. The van der Waals surface area contributed by atoms with E-state index >= 15 is 0 Å². The summed E-state index contributed by atoms with van der Waals surface area (Å²) in [5.41, 5.74) is 13.3. The molecule has 0 aliphatic carbocycles. The van der Waals surface area contributed by atoms with Crippen molar-refractivity contribution in [3.63, 3.8) is 0 Å². The summed E-state index contributed by atoms with van der Waals surface area (Å²) in [6.07, 6.45) is 1.67. The lowest BCUT2D eigenvalue weighted by molar-refractivity contribution is 0.959. The highest BCUT2D eigenvalue weighted by Gasteiger charge is 2.10. The van der Waals surface area contributed by atoms with Crippen LogP contribution in [-0.2, 0) is 0 Å². The lowest BCUT2D eigenvalue weighted by atomic mass is 10.1. The molecule has 0 saturated carbocycles. The van der Waals surface area contributed by atoms with Gasteiger partial charge in [0.2, 0.25) is 5.95 Å². The molecule has 0 unspecified atom stereocenters. The van der Waals surface area contributed by atoms with Crippen LogP contribution in [0, 0.1) is 0 Å². The third-order valence-electron chi connectivity index (χ3n) is 2.50. The predicted octanol–water partition coefficient (Wildman–Crippen LogP) is 0.956. The van der Waals surface area contributed by atoms with Gasteiger partial charge in [-0.1, -0.05) is 30.3 Å². The van der Waals surface area contributed by atoms with E-state index < -0.39 is 0 Å². The smallest absolute Gasteiger partial charge is 0.255 e. The summed E-state index contributed by atoms with van der Waals surface area (Å²) in [7, 11) is 0. The van der Waals surface area contributed by atoms with Crippen LogP contribution in [0.1, 0.15) is 0 Å². The summed E-state index contributed by atoms with van der Waals surface area (Å²) in [6, 6.07) is 9.74. The maximum absolute atomic E-state index is 6.03. The van der Waals surface area contributed by atoms with Crippen LogP contribution in [0.15, 0.2) is 36.5 Å². The first-order valence-electron chi connectivity index (χ1n) is 5.08. The minimum atomic E-state index is 0.161. The molecule has 84 valence electrons. The van der Waals surface area contributed by atoms with E-state index in [2.05, 4.69) is 15.1 Å². The molecule has 2 aromatic heterocycles. The van der Waals surface area contributed by atoms with E-state index in [9.17, 15) is 0 Å². The molecule has 0 fully saturated rings. The van der Waals surface area contributed by atoms with Gasteiger partial charge in [-0.3, -0.25) is 0 Å². The SMILES string of the molecule is Nc1nc2ncc(-c3ccccc3)c(N)n2n1. The van der Waals surface area contributed by atoms with Gasteiger partial charge in [0, 0.05) is 11.8 Å². The molecule has 1 aromatic carbocycles. The molecule has 6 nitrogen and oxygen atoms in total. The van der Waals surface area contributed by atoms with E-state index in [0.29, 0.717) is 11.6 Å². The fourth-order valence-corrected chi connectivity index (χ4v) is 1.71. The number of fused-ring (bicyclic) bond motifs is 1. The molecule has 0 amide bonds. The summed E-state index contributed by atoms with van der Waals surface area (Å²) < 4.78 is 1.44. The van der Waals surface area contributed by atoms with E-state index in [1.165, 1.54) is 4.52 Å². The first kappa shape index (κ1) is 9.59. The lowest BCUT2D eigenvalue weighted by Gasteiger charge is -2.05. The third kappa shape index (κ3) is 1.46. The quantitative estimate of drug-likeness (QED) is 0.644. The van der Waals surface area contributed by atoms with Crippen molar-refractivity contribution in [2.75, 3.05) is 11.5 Å². The molecule has 0 spiro atoms. The van der Waals surface area contributed by atoms with Crippen molar-refractivity contribution < 1.29 is 0 Å². The molecule has 0 aliphatic heterocycles. The van der Waals surface area contributed by atoms with Gasteiger partial charge in [-0.15, -0.1) is 5.10 Å². The number of rotatable bonds is 1. The molecule has 3 rings (SSSR count). The van der Waals surface area contributed by atoms with Crippen molar-refractivity contribution in [3.05, 3.63) is 36.5 Å². The zero-order valence-electron chi connectivity index (χ0n) is 8.91. The zero-order chi connectivity index (χ0) is 11.8. The Morgan fingerprint density at radius 3 is 2.59 bits per heavy atom. The number of aromatic nitrogens is 4. The average Bonchev–Trinajstić information content (AvgIpc) is 2.72. The minimum Gasteiger partial charge on any atom is -0.383 e. The Bertz CT molecular complexity index is 673. The van der Waals surface area contributed by atoms with Crippen molar-refractivity contribution in [2.24, 2.45) is 0 Å². The van der Waals surface area contributed by atoms with Crippen LogP contribution in [0.25, 0.3) is 16.9 Å². The van der Waals surface area contributed by atoms with E-state index in [-0.39, 0.29) is 5.95 Å². The Morgan fingerprint density at radius 1 is 1.06 bits per heavy atom. The largest absolute Gasteiger partial charge is 0.383 e. The zero-order valence-corrected chi connectivity index (χ0v) is 8.91. The van der Waals surface area contributed by atoms with Gasteiger partial charge >= 0.3 is 0 Å². The maximum atomic E-state index is 6.03. The number of benzene rings is 1. The highest BCUT2D eigenvalue weighted by Crippen LogP contribution is 2.24. The number of nitrogens with two attached hydrogens (primary N) is 2. The molecular formula is C11H10N6. The number of hydrogen-bond acceptors (Lipinski definition) is 5. The first-order valence-corrected chi connectivity index (χ1v) is 5.08. The van der Waals surface area contributed by atoms with Crippen molar-refractivity contribution in [2.45, 2.75) is 0 Å². The lowest BCUT2D eigenvalue weighted by Crippen LogP contribution is -2.03. The van der Waals surface area contributed by atoms with Crippen molar-refractivity contribution in [3.8, 4) is 11.1 Å². The van der Waals surface area contributed by atoms with Crippen LogP contribution < -0.4 is 11.5 Å². The highest BCUT2D eigenvalue weighted by molar-refractivity contribution is 5.74. The summed E-state index contributed by atoms with van der Waals surface area (Å²) >= 11 is 0. The molecule has 0 saturated heterocycles. The first-order chi connectivity index (χ1) is 8.25. The van der Waals surface area contributed by atoms with Crippen LogP contribution in [0.4, 0.5) is 11.8 Å². The van der Waals surface area contributed by atoms with Gasteiger partial charge in [0.05, 0.1) is 0 Å². The summed E-state index contributed by atoms with van der Waals surface area (Å²) in [5.74, 6) is 1.04. The standard InChI is InChI=1S/C11H10N6/c12-9-8(7-4-2-1-3-5-7)6-14-11-15-10(13)16-17(9)11/h1-6H,12H2,(H2,13,16). The molecule has 4 N–H and O–H groups in total. The second-order valence-electron chi connectivity index (χ2n) is 3.60. The van der Waals surface area contributed by atoms with Gasteiger partial charge in [0.1, 0.15) is 5.82 Å². The summed E-state index contributed by atoms with van der Waals surface area (Å²) in [4.78, 5) is 8.12. The highest BCUT2D eigenvalue weighted by atomic mass is 15.4. The Kier molecular flexibility index (Phi) is 1.94. The molecule has 0 aliphatic rings. The van der Waals surface area contributed by atoms with Gasteiger partial charge in [-0.2, -0.15) is 9.50 Å². The van der Waals surface area contributed by atoms with Crippen molar-refractivity contribution in [1.29, 1.82) is 0 Å². The summed E-state index contributed by atoms with van der Waals surface area (Å²) in [5, 5.41) is 3.99. The Labute approximate surface area is 96.9 Å². The second-order valence-corrected chi connectivity index (χ2v) is 3.60. The van der Waals surface area contributed by atoms with Crippen molar-refractivity contribution >= 4 is 17.5 Å². The number of nitrogen functional groups attached to an aromatic ring is 2. The van der Waals surface area contributed by atoms with Gasteiger partial charge in [0.25, 0.3) is 5.78 Å². The van der Waals surface area contributed by atoms with Crippen LogP contribution in [0.3, 0.4) is 0 Å². The summed E-state index contributed by atoms with van der Waals surface area (Å²) in [6.45, 7) is 0. The molecule has 6 heteroatoms.